The second kappa shape index (κ2) is 6.60. The van der Waals surface area contributed by atoms with Gasteiger partial charge in [-0.3, -0.25) is 0 Å². The van der Waals surface area contributed by atoms with Crippen LogP contribution in [0.3, 0.4) is 0 Å². The van der Waals surface area contributed by atoms with Crippen molar-refractivity contribution in [2.75, 3.05) is 6.61 Å². The molecule has 0 heterocycles. The standard InChI is InChI=1S/C16H17BrO/c1-13-9-10-15(17)12-16(13)18-11-5-8-14-6-3-2-4-7-14/h2-4,6-7,9-10,12H,5,8,11H2,1H3. The van der Waals surface area contributed by atoms with Gasteiger partial charge in [-0.25, -0.2) is 0 Å². The summed E-state index contributed by atoms with van der Waals surface area (Å²) in [5, 5.41) is 0. The predicted octanol–water partition coefficient (Wildman–Crippen LogP) is 4.77. The van der Waals surface area contributed by atoms with Crippen molar-refractivity contribution in [3.05, 3.63) is 64.1 Å². The molecule has 2 aromatic carbocycles. The Morgan fingerprint density at radius 1 is 1.06 bits per heavy atom. The van der Waals surface area contributed by atoms with E-state index in [9.17, 15) is 0 Å². The first-order valence-corrected chi connectivity index (χ1v) is 6.98. The molecule has 0 unspecified atom stereocenters. The summed E-state index contributed by atoms with van der Waals surface area (Å²) in [6, 6.07) is 16.6. The van der Waals surface area contributed by atoms with Crippen LogP contribution in [0.1, 0.15) is 17.5 Å². The van der Waals surface area contributed by atoms with E-state index in [-0.39, 0.29) is 0 Å². The molecule has 0 atom stereocenters. The van der Waals surface area contributed by atoms with Gasteiger partial charge in [0.25, 0.3) is 0 Å². The van der Waals surface area contributed by atoms with Crippen molar-refractivity contribution in [3.63, 3.8) is 0 Å². The van der Waals surface area contributed by atoms with Crippen LogP contribution in [-0.2, 0) is 6.42 Å². The molecule has 2 aromatic rings. The SMILES string of the molecule is Cc1ccc(Br)cc1OCCCc1ccccc1. The van der Waals surface area contributed by atoms with Gasteiger partial charge in [-0.1, -0.05) is 52.3 Å². The molecule has 0 aliphatic heterocycles. The van der Waals surface area contributed by atoms with Crippen molar-refractivity contribution in [3.8, 4) is 5.75 Å². The van der Waals surface area contributed by atoms with Gasteiger partial charge in [0.1, 0.15) is 5.75 Å². The van der Waals surface area contributed by atoms with E-state index in [4.69, 9.17) is 4.74 Å². The number of ether oxygens (including phenoxy) is 1. The molecule has 18 heavy (non-hydrogen) atoms. The van der Waals surface area contributed by atoms with Crippen LogP contribution in [0.5, 0.6) is 5.75 Å². The van der Waals surface area contributed by atoms with E-state index in [0.717, 1.165) is 29.7 Å². The predicted molar refractivity (Wildman–Crippen MR) is 79.1 cm³/mol. The zero-order chi connectivity index (χ0) is 12.8. The van der Waals surface area contributed by atoms with Gasteiger partial charge in [-0.2, -0.15) is 0 Å². The van der Waals surface area contributed by atoms with E-state index in [1.807, 2.05) is 18.2 Å². The Hall–Kier alpha value is -1.28. The molecule has 0 N–H and O–H groups in total. The lowest BCUT2D eigenvalue weighted by Gasteiger charge is -2.09. The van der Waals surface area contributed by atoms with Crippen LogP contribution in [0.15, 0.2) is 53.0 Å². The fourth-order valence-corrected chi connectivity index (χ4v) is 2.17. The lowest BCUT2D eigenvalue weighted by atomic mass is 10.1. The van der Waals surface area contributed by atoms with Gasteiger partial charge in [0.05, 0.1) is 6.61 Å². The normalized spacial score (nSPS) is 10.3. The molecule has 0 saturated heterocycles. The van der Waals surface area contributed by atoms with Gasteiger partial charge in [0.2, 0.25) is 0 Å². The first-order chi connectivity index (χ1) is 8.75. The third kappa shape index (κ3) is 3.88. The molecule has 0 spiro atoms. The monoisotopic (exact) mass is 304 g/mol. The number of benzene rings is 2. The van der Waals surface area contributed by atoms with Crippen LogP contribution in [0, 0.1) is 6.92 Å². The molecule has 2 rings (SSSR count). The second-order valence-corrected chi connectivity index (χ2v) is 5.26. The number of rotatable bonds is 5. The molecule has 1 nitrogen and oxygen atoms in total. The van der Waals surface area contributed by atoms with E-state index < -0.39 is 0 Å². The molecule has 0 saturated carbocycles. The molecule has 0 aromatic heterocycles. The minimum atomic E-state index is 0.756. The van der Waals surface area contributed by atoms with Gasteiger partial charge in [-0.05, 0) is 43.0 Å². The zero-order valence-corrected chi connectivity index (χ0v) is 12.1. The highest BCUT2D eigenvalue weighted by Gasteiger charge is 2.00. The summed E-state index contributed by atoms with van der Waals surface area (Å²) < 4.78 is 6.87. The van der Waals surface area contributed by atoms with Gasteiger partial charge in [0.15, 0.2) is 0 Å². The van der Waals surface area contributed by atoms with Crippen LogP contribution in [0.25, 0.3) is 0 Å². The summed E-state index contributed by atoms with van der Waals surface area (Å²) >= 11 is 3.46. The molecular formula is C16H17BrO. The third-order valence-electron chi connectivity index (χ3n) is 2.86. The zero-order valence-electron chi connectivity index (χ0n) is 10.5. The van der Waals surface area contributed by atoms with Crippen molar-refractivity contribution in [2.45, 2.75) is 19.8 Å². The second-order valence-electron chi connectivity index (χ2n) is 4.35. The number of hydrogen-bond acceptors (Lipinski definition) is 1. The van der Waals surface area contributed by atoms with Gasteiger partial charge < -0.3 is 4.74 Å². The molecule has 2 heteroatoms. The maximum absolute atomic E-state index is 5.81. The molecule has 94 valence electrons. The summed E-state index contributed by atoms with van der Waals surface area (Å²) in [6.45, 7) is 2.82. The number of hydrogen-bond donors (Lipinski definition) is 0. The van der Waals surface area contributed by atoms with Crippen molar-refractivity contribution < 1.29 is 4.74 Å². The number of halogens is 1. The van der Waals surface area contributed by atoms with E-state index in [0.29, 0.717) is 0 Å². The van der Waals surface area contributed by atoms with Crippen molar-refractivity contribution >= 4 is 15.9 Å². The molecule has 0 aliphatic carbocycles. The van der Waals surface area contributed by atoms with E-state index in [2.05, 4.69) is 53.2 Å². The number of aryl methyl sites for hydroxylation is 2. The van der Waals surface area contributed by atoms with E-state index in [1.165, 1.54) is 11.1 Å². The Morgan fingerprint density at radius 2 is 1.83 bits per heavy atom. The molecule has 0 bridgehead atoms. The van der Waals surface area contributed by atoms with E-state index in [1.54, 1.807) is 0 Å². The van der Waals surface area contributed by atoms with Crippen molar-refractivity contribution in [1.29, 1.82) is 0 Å². The maximum Gasteiger partial charge on any atom is 0.123 e. The summed E-state index contributed by atoms with van der Waals surface area (Å²) in [7, 11) is 0. The lowest BCUT2D eigenvalue weighted by molar-refractivity contribution is 0.309. The average Bonchev–Trinajstić information content (AvgIpc) is 2.40. The summed E-state index contributed by atoms with van der Waals surface area (Å²) in [5.74, 6) is 0.970. The highest BCUT2D eigenvalue weighted by atomic mass is 79.9. The largest absolute Gasteiger partial charge is 0.493 e. The van der Waals surface area contributed by atoms with Crippen LogP contribution < -0.4 is 4.74 Å². The van der Waals surface area contributed by atoms with Crippen molar-refractivity contribution in [2.24, 2.45) is 0 Å². The van der Waals surface area contributed by atoms with Crippen molar-refractivity contribution in [1.82, 2.24) is 0 Å². The van der Waals surface area contributed by atoms with Crippen LogP contribution in [0.4, 0.5) is 0 Å². The topological polar surface area (TPSA) is 9.23 Å². The van der Waals surface area contributed by atoms with Crippen LogP contribution in [0.2, 0.25) is 0 Å². The fourth-order valence-electron chi connectivity index (χ4n) is 1.83. The first kappa shape index (κ1) is 13.2. The highest BCUT2D eigenvalue weighted by molar-refractivity contribution is 9.10. The first-order valence-electron chi connectivity index (χ1n) is 6.18. The highest BCUT2D eigenvalue weighted by Crippen LogP contribution is 2.23. The van der Waals surface area contributed by atoms with Crippen LogP contribution >= 0.6 is 15.9 Å². The Kier molecular flexibility index (Phi) is 4.82. The minimum absolute atomic E-state index is 0.756. The Balaban J connectivity index is 1.80. The molecular weight excluding hydrogens is 288 g/mol. The average molecular weight is 305 g/mol. The molecule has 0 radical (unpaired) electrons. The van der Waals surface area contributed by atoms with Gasteiger partial charge >= 0.3 is 0 Å². The fraction of sp³-hybridized carbons (Fsp3) is 0.250. The third-order valence-corrected chi connectivity index (χ3v) is 3.35. The lowest BCUT2D eigenvalue weighted by Crippen LogP contribution is -2.00. The molecule has 0 fully saturated rings. The minimum Gasteiger partial charge on any atom is -0.493 e. The summed E-state index contributed by atoms with van der Waals surface area (Å²) in [6.07, 6.45) is 2.10. The Morgan fingerprint density at radius 3 is 2.61 bits per heavy atom. The molecule has 0 aliphatic rings. The maximum atomic E-state index is 5.81. The molecule has 0 amide bonds. The smallest absolute Gasteiger partial charge is 0.123 e. The van der Waals surface area contributed by atoms with Gasteiger partial charge in [0, 0.05) is 4.47 Å². The quantitative estimate of drug-likeness (QED) is 0.723. The Labute approximate surface area is 117 Å². The summed E-state index contributed by atoms with van der Waals surface area (Å²) in [5.41, 5.74) is 2.55. The summed E-state index contributed by atoms with van der Waals surface area (Å²) in [4.78, 5) is 0. The van der Waals surface area contributed by atoms with Gasteiger partial charge in [-0.15, -0.1) is 0 Å². The van der Waals surface area contributed by atoms with Crippen LogP contribution in [-0.4, -0.2) is 6.61 Å². The van der Waals surface area contributed by atoms with E-state index >= 15 is 0 Å². The Bertz CT molecular complexity index is 494.